The largest absolute Gasteiger partial charge is 0.465 e. The number of ether oxygens (including phenoxy) is 1. The lowest BCUT2D eigenvalue weighted by molar-refractivity contribution is -0.154. The molecule has 1 aliphatic carbocycles. The van der Waals surface area contributed by atoms with Crippen molar-refractivity contribution in [2.75, 3.05) is 39.7 Å². The molecule has 1 aliphatic heterocycles. The highest BCUT2D eigenvalue weighted by molar-refractivity contribution is 6.10. The van der Waals surface area contributed by atoms with E-state index in [0.717, 1.165) is 44.5 Å². The lowest BCUT2D eigenvalue weighted by Gasteiger charge is -2.20. The highest BCUT2D eigenvalue weighted by Gasteiger charge is 2.27. The maximum absolute atomic E-state index is 13.5. The van der Waals surface area contributed by atoms with Crippen molar-refractivity contribution in [1.82, 2.24) is 4.58 Å². The number of hydrogen-bond donors (Lipinski definition) is 0. The van der Waals surface area contributed by atoms with Crippen molar-refractivity contribution in [2.24, 2.45) is 5.41 Å². The average molecular weight is 528 g/mol. The zero-order valence-electron chi connectivity index (χ0n) is 24.1. The Balaban J connectivity index is 1.76. The molecule has 39 heavy (non-hydrogen) atoms. The summed E-state index contributed by atoms with van der Waals surface area (Å²) in [5.41, 5.74) is 4.71. The molecule has 0 amide bonds. The van der Waals surface area contributed by atoms with Crippen molar-refractivity contribution in [2.45, 2.75) is 40.0 Å². The maximum atomic E-state index is 13.5. The zero-order chi connectivity index (χ0) is 28.3. The summed E-state index contributed by atoms with van der Waals surface area (Å²) in [5.74, 6) is 0.554. The zero-order valence-corrected chi connectivity index (χ0v) is 24.1. The summed E-state index contributed by atoms with van der Waals surface area (Å²) in [6.45, 7) is 5.95. The van der Waals surface area contributed by atoms with Crippen molar-refractivity contribution in [3.63, 3.8) is 0 Å². The van der Waals surface area contributed by atoms with Gasteiger partial charge in [0.2, 0.25) is 5.36 Å². The standard InChI is InChI=1S/C33H39N2O4/c1-8-33(2,3)32(37)38-19-11-14-28(36)24-12-9-10-13-25(24)31-26-17-15-22(34(4)5)20-29(26)39-30-21-23(35(6)7)16-18-27(30)31/h9-10,12-13,15-18,20-21H,8,11,14,19H2,1-7H3/q+1. The molecule has 0 N–H and O–H groups in total. The van der Waals surface area contributed by atoms with E-state index in [4.69, 9.17) is 9.15 Å². The second-order valence-electron chi connectivity index (χ2n) is 11.1. The maximum Gasteiger partial charge on any atom is 0.311 e. The molecule has 2 aromatic carbocycles. The molecule has 6 nitrogen and oxygen atoms in total. The van der Waals surface area contributed by atoms with Gasteiger partial charge in [0.15, 0.2) is 5.78 Å². The van der Waals surface area contributed by atoms with Crippen molar-refractivity contribution < 1.29 is 18.7 Å². The number of Topliss-reactive ketones (excluding diaryl/α,β-unsaturated/α-hetero) is 1. The van der Waals surface area contributed by atoms with E-state index in [0.29, 0.717) is 24.8 Å². The van der Waals surface area contributed by atoms with Crippen LogP contribution < -0.4 is 14.8 Å². The molecule has 0 spiro atoms. The molecule has 0 bridgehead atoms. The molecule has 0 fully saturated rings. The Bertz CT molecular complexity index is 1560. The van der Waals surface area contributed by atoms with E-state index in [1.54, 1.807) is 0 Å². The first kappa shape index (κ1) is 28.1. The van der Waals surface area contributed by atoms with Crippen LogP contribution in [0.15, 0.2) is 65.1 Å². The quantitative estimate of drug-likeness (QED) is 0.0847. The number of fused-ring (bicyclic) bond motifs is 2. The molecule has 0 saturated carbocycles. The Morgan fingerprint density at radius 2 is 1.72 bits per heavy atom. The van der Waals surface area contributed by atoms with E-state index in [9.17, 15) is 9.59 Å². The number of benzene rings is 3. The van der Waals surface area contributed by atoms with Gasteiger partial charge >= 0.3 is 5.97 Å². The molecule has 6 heteroatoms. The Labute approximate surface area is 230 Å². The van der Waals surface area contributed by atoms with Gasteiger partial charge in [0.25, 0.3) is 0 Å². The molecule has 204 valence electrons. The Kier molecular flexibility index (Phi) is 8.24. The van der Waals surface area contributed by atoms with Crippen LogP contribution in [0.2, 0.25) is 0 Å². The smallest absolute Gasteiger partial charge is 0.311 e. The van der Waals surface area contributed by atoms with Crippen LogP contribution in [0.25, 0.3) is 33.4 Å². The fraction of sp³-hybridized carbons (Fsp3) is 0.364. The fourth-order valence-corrected chi connectivity index (χ4v) is 4.53. The third-order valence-corrected chi connectivity index (χ3v) is 7.44. The van der Waals surface area contributed by atoms with E-state index in [-0.39, 0.29) is 18.4 Å². The summed E-state index contributed by atoms with van der Waals surface area (Å²) < 4.78 is 13.9. The Hall–Kier alpha value is -3.93. The minimum Gasteiger partial charge on any atom is -0.465 e. The number of carbonyl (C=O) groups excluding carboxylic acids is 2. The van der Waals surface area contributed by atoms with Crippen LogP contribution in [0, 0.1) is 5.41 Å². The lowest BCUT2D eigenvalue weighted by Crippen LogP contribution is -2.26. The van der Waals surface area contributed by atoms with Crippen molar-refractivity contribution >= 4 is 28.4 Å². The lowest BCUT2D eigenvalue weighted by atomic mass is 9.88. The van der Waals surface area contributed by atoms with Gasteiger partial charge in [0.05, 0.1) is 18.1 Å². The Morgan fingerprint density at radius 1 is 0.974 bits per heavy atom. The number of carbonyl (C=O) groups is 2. The molecule has 2 aliphatic rings. The van der Waals surface area contributed by atoms with Gasteiger partial charge in [-0.25, -0.2) is 4.58 Å². The van der Waals surface area contributed by atoms with Gasteiger partial charge in [0.1, 0.15) is 25.4 Å². The summed E-state index contributed by atoms with van der Waals surface area (Å²) in [5, 5.41) is 1.98. The van der Waals surface area contributed by atoms with E-state index in [1.165, 1.54) is 0 Å². The Morgan fingerprint density at radius 3 is 2.41 bits per heavy atom. The summed E-state index contributed by atoms with van der Waals surface area (Å²) in [4.78, 5) is 27.9. The normalized spacial score (nSPS) is 11.6. The number of nitrogens with zero attached hydrogens (tertiary/aromatic N) is 2. The first-order chi connectivity index (χ1) is 18.5. The van der Waals surface area contributed by atoms with Crippen molar-refractivity contribution in [3.05, 3.63) is 71.6 Å². The summed E-state index contributed by atoms with van der Waals surface area (Å²) in [6.07, 6.45) is 1.47. The van der Waals surface area contributed by atoms with E-state index in [2.05, 4.69) is 24.3 Å². The summed E-state index contributed by atoms with van der Waals surface area (Å²) in [7, 11) is 8.01. The molecule has 4 rings (SSSR count). The number of esters is 1. The third-order valence-electron chi connectivity index (χ3n) is 7.44. The molecule has 1 heterocycles. The second-order valence-corrected chi connectivity index (χ2v) is 11.1. The van der Waals surface area contributed by atoms with Gasteiger partial charge in [-0.1, -0.05) is 31.2 Å². The number of rotatable bonds is 9. The monoisotopic (exact) mass is 527 g/mol. The number of ketones is 1. The van der Waals surface area contributed by atoms with Gasteiger partial charge in [-0.05, 0) is 50.5 Å². The van der Waals surface area contributed by atoms with E-state index < -0.39 is 5.41 Å². The fourth-order valence-electron chi connectivity index (χ4n) is 4.53. The predicted octanol–water partition coefficient (Wildman–Crippen LogP) is 6.24. The highest BCUT2D eigenvalue weighted by atomic mass is 16.5. The summed E-state index contributed by atoms with van der Waals surface area (Å²) in [6, 6.07) is 20.1. The molecule has 0 saturated heterocycles. The highest BCUT2D eigenvalue weighted by Crippen LogP contribution is 2.42. The van der Waals surface area contributed by atoms with Crippen LogP contribution in [0.5, 0.6) is 0 Å². The molecule has 0 aromatic heterocycles. The molecular weight excluding hydrogens is 488 g/mol. The van der Waals surface area contributed by atoms with E-state index in [1.807, 2.05) is 94.8 Å². The molecule has 2 aromatic rings. The molecule has 0 radical (unpaired) electrons. The topological polar surface area (TPSA) is 62.8 Å². The van der Waals surface area contributed by atoms with Crippen LogP contribution in [-0.4, -0.2) is 46.6 Å². The van der Waals surface area contributed by atoms with Gasteiger partial charge in [-0.2, -0.15) is 0 Å². The van der Waals surface area contributed by atoms with E-state index >= 15 is 0 Å². The van der Waals surface area contributed by atoms with Crippen LogP contribution in [0.1, 0.15) is 50.4 Å². The molecule has 0 atom stereocenters. The molecular formula is C33H39N2O4+. The van der Waals surface area contributed by atoms with Gasteiger partial charge in [0, 0.05) is 60.4 Å². The van der Waals surface area contributed by atoms with Crippen LogP contribution in [0.4, 0.5) is 5.69 Å². The van der Waals surface area contributed by atoms with Crippen molar-refractivity contribution in [1.29, 1.82) is 0 Å². The van der Waals surface area contributed by atoms with Crippen LogP contribution in [0.3, 0.4) is 0 Å². The second kappa shape index (κ2) is 11.4. The first-order valence-corrected chi connectivity index (χ1v) is 13.5. The minimum absolute atomic E-state index is 0.0216. The number of anilines is 1. The van der Waals surface area contributed by atoms with Crippen LogP contribution in [-0.2, 0) is 9.53 Å². The minimum atomic E-state index is -0.518. The van der Waals surface area contributed by atoms with Gasteiger partial charge in [-0.15, -0.1) is 0 Å². The predicted molar refractivity (Wildman–Crippen MR) is 158 cm³/mol. The molecule has 0 unspecified atom stereocenters. The third kappa shape index (κ3) is 5.90. The van der Waals surface area contributed by atoms with Crippen molar-refractivity contribution in [3.8, 4) is 22.5 Å². The average Bonchev–Trinajstić information content (AvgIpc) is 2.92. The SMILES string of the molecule is CCC(C)(C)C(=O)OCCCC(=O)c1ccccc1-c1c2ccc(=[N+](C)C)cc-2oc2cc(N(C)C)ccc12. The van der Waals surface area contributed by atoms with Gasteiger partial charge < -0.3 is 14.1 Å². The van der Waals surface area contributed by atoms with Gasteiger partial charge in [-0.3, -0.25) is 9.59 Å². The van der Waals surface area contributed by atoms with Crippen LogP contribution >= 0.6 is 0 Å². The summed E-state index contributed by atoms with van der Waals surface area (Å²) >= 11 is 0. The number of hydrogen-bond acceptors (Lipinski definition) is 5. The first-order valence-electron chi connectivity index (χ1n) is 13.5.